The Morgan fingerprint density at radius 1 is 0.293 bits per heavy atom. The molecule has 13 rings (SSSR count). The summed E-state index contributed by atoms with van der Waals surface area (Å²) in [6, 6.07) is 72.5. The van der Waals surface area contributed by atoms with Crippen molar-refractivity contribution in [1.82, 2.24) is 13.7 Å². The van der Waals surface area contributed by atoms with Crippen LogP contribution in [0.25, 0.3) is 116 Å². The summed E-state index contributed by atoms with van der Waals surface area (Å²) in [5.74, 6) is 0. The number of fused-ring (bicyclic) bond motifs is 12. The van der Waals surface area contributed by atoms with E-state index in [0.717, 1.165) is 61.2 Å². The second-order valence-corrected chi connectivity index (χ2v) is 15.3. The third kappa shape index (κ3) is 4.29. The van der Waals surface area contributed by atoms with Gasteiger partial charge in [0, 0.05) is 54.6 Å². The molecule has 13 aromatic rings. The fraction of sp³-hybridized carbons (Fsp3) is 0. The van der Waals surface area contributed by atoms with Crippen LogP contribution in [0.5, 0.6) is 0 Å². The summed E-state index contributed by atoms with van der Waals surface area (Å²) in [6.45, 7) is 0. The molecule has 0 fully saturated rings. The molecular weight excluding hydrogens is 707 g/mol. The molecule has 0 aliphatic heterocycles. The fourth-order valence-electron chi connectivity index (χ4n) is 9.80. The zero-order valence-corrected chi connectivity index (χ0v) is 31.3. The molecule has 4 nitrogen and oxygen atoms in total. The van der Waals surface area contributed by atoms with Gasteiger partial charge >= 0.3 is 0 Å². The van der Waals surface area contributed by atoms with E-state index >= 15 is 0 Å². The third-order valence-corrected chi connectivity index (χ3v) is 12.2. The maximum atomic E-state index is 6.51. The summed E-state index contributed by atoms with van der Waals surface area (Å²) >= 11 is 0. The van der Waals surface area contributed by atoms with E-state index in [1.54, 1.807) is 0 Å². The summed E-state index contributed by atoms with van der Waals surface area (Å²) < 4.78 is 13.8. The highest BCUT2D eigenvalue weighted by molar-refractivity contribution is 6.18. The average Bonchev–Trinajstić information content (AvgIpc) is 4.02. The number of hydrogen-bond acceptors (Lipinski definition) is 1. The van der Waals surface area contributed by atoms with Crippen LogP contribution in [0.15, 0.2) is 205 Å². The Morgan fingerprint density at radius 3 is 1.29 bits per heavy atom. The van der Waals surface area contributed by atoms with Crippen molar-refractivity contribution in [2.45, 2.75) is 0 Å². The van der Waals surface area contributed by atoms with Crippen molar-refractivity contribution in [3.8, 4) is 28.2 Å². The van der Waals surface area contributed by atoms with Crippen LogP contribution in [-0.2, 0) is 0 Å². The van der Waals surface area contributed by atoms with Crippen molar-refractivity contribution in [3.05, 3.63) is 200 Å². The van der Waals surface area contributed by atoms with Gasteiger partial charge in [0.05, 0.1) is 44.2 Å². The Morgan fingerprint density at radius 2 is 0.724 bits per heavy atom. The first-order chi connectivity index (χ1) is 28.8. The maximum Gasteiger partial charge on any atom is 0.137 e. The van der Waals surface area contributed by atoms with E-state index in [0.29, 0.717) is 0 Å². The van der Waals surface area contributed by atoms with Crippen molar-refractivity contribution in [1.29, 1.82) is 0 Å². The Balaban J connectivity index is 1.08. The molecule has 0 unspecified atom stereocenters. The molecule has 0 radical (unpaired) electrons. The van der Waals surface area contributed by atoms with Gasteiger partial charge < -0.3 is 18.1 Å². The molecule has 9 aromatic carbocycles. The van der Waals surface area contributed by atoms with Crippen LogP contribution >= 0.6 is 0 Å². The molecule has 0 aliphatic rings. The van der Waals surface area contributed by atoms with E-state index in [4.69, 9.17) is 4.42 Å². The van der Waals surface area contributed by atoms with Gasteiger partial charge in [-0.2, -0.15) is 0 Å². The number of furan rings is 1. The van der Waals surface area contributed by atoms with E-state index in [1.807, 2.05) is 6.07 Å². The fourth-order valence-corrected chi connectivity index (χ4v) is 9.80. The highest BCUT2D eigenvalue weighted by Gasteiger charge is 2.23. The summed E-state index contributed by atoms with van der Waals surface area (Å²) in [4.78, 5) is 0. The molecule has 4 heterocycles. The topological polar surface area (TPSA) is 27.9 Å². The minimum atomic E-state index is 0.879. The summed E-state index contributed by atoms with van der Waals surface area (Å²) in [6.07, 6.45) is 0. The molecule has 0 N–H and O–H groups in total. The van der Waals surface area contributed by atoms with Crippen LogP contribution < -0.4 is 0 Å². The Kier molecular flexibility index (Phi) is 6.41. The molecule has 4 aromatic heterocycles. The number of para-hydroxylation sites is 5. The van der Waals surface area contributed by atoms with Crippen molar-refractivity contribution in [2.75, 3.05) is 0 Å². The van der Waals surface area contributed by atoms with Crippen LogP contribution in [0, 0.1) is 0 Å². The van der Waals surface area contributed by atoms with E-state index < -0.39 is 0 Å². The zero-order valence-electron chi connectivity index (χ0n) is 31.3. The molecule has 270 valence electrons. The molecule has 0 saturated heterocycles. The minimum absolute atomic E-state index is 0.879. The molecule has 0 aliphatic carbocycles. The Labute approximate surface area is 332 Å². The van der Waals surface area contributed by atoms with Crippen LogP contribution in [0.3, 0.4) is 0 Å². The van der Waals surface area contributed by atoms with Crippen molar-refractivity contribution < 1.29 is 4.42 Å². The van der Waals surface area contributed by atoms with Crippen LogP contribution in [0.2, 0.25) is 0 Å². The zero-order chi connectivity index (χ0) is 37.9. The van der Waals surface area contributed by atoms with Gasteiger partial charge in [0.15, 0.2) is 0 Å². The third-order valence-electron chi connectivity index (χ3n) is 12.2. The lowest BCUT2D eigenvalue weighted by atomic mass is 9.99. The quantitative estimate of drug-likeness (QED) is 0.177. The number of benzene rings is 9. The van der Waals surface area contributed by atoms with Gasteiger partial charge in [-0.15, -0.1) is 0 Å². The second-order valence-electron chi connectivity index (χ2n) is 15.3. The van der Waals surface area contributed by atoms with Gasteiger partial charge in [-0.05, 0) is 84.4 Å². The van der Waals surface area contributed by atoms with E-state index in [2.05, 4.69) is 208 Å². The van der Waals surface area contributed by atoms with Gasteiger partial charge in [-0.3, -0.25) is 0 Å². The van der Waals surface area contributed by atoms with Crippen LogP contribution in [0.4, 0.5) is 0 Å². The predicted molar refractivity (Wildman–Crippen MR) is 242 cm³/mol. The van der Waals surface area contributed by atoms with Gasteiger partial charge in [0.2, 0.25) is 0 Å². The van der Waals surface area contributed by atoms with Gasteiger partial charge in [0.25, 0.3) is 0 Å². The van der Waals surface area contributed by atoms with Crippen molar-refractivity contribution in [3.63, 3.8) is 0 Å². The molecular formula is C54H33N3O. The van der Waals surface area contributed by atoms with E-state index in [-0.39, 0.29) is 0 Å². The number of aromatic nitrogens is 3. The normalized spacial score (nSPS) is 12.1. The Hall–Kier alpha value is -7.82. The van der Waals surface area contributed by atoms with Crippen molar-refractivity contribution >= 4 is 87.4 Å². The molecule has 0 atom stereocenters. The first-order valence-electron chi connectivity index (χ1n) is 19.9. The Bertz CT molecular complexity index is 3750. The van der Waals surface area contributed by atoms with E-state index in [1.165, 1.54) is 54.4 Å². The molecule has 0 bridgehead atoms. The first-order valence-corrected chi connectivity index (χ1v) is 19.9. The SMILES string of the molecule is c1ccc(-c2ccc3oc4ccccc4c3c2-n2c3ccccc3c3cc(-n4c5ccccc5c5cc(-n6c7ccccc7c7ccccc76)ccc54)ccc32)cc1. The second kappa shape index (κ2) is 11.8. The predicted octanol–water partition coefficient (Wildman–Crippen LogP) is 14.5. The van der Waals surface area contributed by atoms with Gasteiger partial charge in [-0.25, -0.2) is 0 Å². The minimum Gasteiger partial charge on any atom is -0.456 e. The van der Waals surface area contributed by atoms with Crippen LogP contribution in [-0.4, -0.2) is 13.7 Å². The number of nitrogens with zero attached hydrogens (tertiary/aromatic N) is 3. The standard InChI is InChI=1S/C54H33N3O/c1-2-14-34(15-3-1)37-28-31-52-53(42-20-8-13-25-51(42)58-52)54(37)57-48-24-12-7-19-41(48)44-33-36(27-30-50(44)57)56-47-23-11-6-18-40(47)43-32-35(26-29-49(43)56)55-45-21-9-4-16-38(45)39-17-5-10-22-46(39)55/h1-33H. The molecule has 0 saturated carbocycles. The summed E-state index contributed by atoms with van der Waals surface area (Å²) in [7, 11) is 0. The smallest absolute Gasteiger partial charge is 0.137 e. The number of rotatable bonds is 4. The first kappa shape index (κ1) is 31.4. The van der Waals surface area contributed by atoms with Crippen molar-refractivity contribution in [2.24, 2.45) is 0 Å². The van der Waals surface area contributed by atoms with Gasteiger partial charge in [-0.1, -0.05) is 121 Å². The monoisotopic (exact) mass is 739 g/mol. The highest BCUT2D eigenvalue weighted by atomic mass is 16.3. The molecule has 0 amide bonds. The van der Waals surface area contributed by atoms with Gasteiger partial charge in [0.1, 0.15) is 11.2 Å². The lowest BCUT2D eigenvalue weighted by Crippen LogP contribution is -1.99. The van der Waals surface area contributed by atoms with E-state index in [9.17, 15) is 0 Å². The summed E-state index contributed by atoms with van der Waals surface area (Å²) in [5, 5.41) is 9.62. The molecule has 58 heavy (non-hydrogen) atoms. The summed E-state index contributed by atoms with van der Waals surface area (Å²) in [5.41, 5.74) is 14.6. The molecule has 4 heteroatoms. The lowest BCUT2D eigenvalue weighted by Gasteiger charge is -2.16. The number of hydrogen-bond donors (Lipinski definition) is 0. The van der Waals surface area contributed by atoms with Crippen LogP contribution in [0.1, 0.15) is 0 Å². The average molecular weight is 740 g/mol. The molecule has 0 spiro atoms. The largest absolute Gasteiger partial charge is 0.456 e. The lowest BCUT2D eigenvalue weighted by molar-refractivity contribution is 0.669. The maximum absolute atomic E-state index is 6.51. The highest BCUT2D eigenvalue weighted by Crippen LogP contribution is 2.44.